The molecule has 1 aliphatic rings. The van der Waals surface area contributed by atoms with Crippen LogP contribution in [0.4, 0.5) is 0 Å². The third-order valence-corrected chi connectivity index (χ3v) is 5.75. The van der Waals surface area contributed by atoms with Crippen molar-refractivity contribution in [3.8, 4) is 0 Å². The van der Waals surface area contributed by atoms with Gasteiger partial charge in [-0.3, -0.25) is 0 Å². The minimum Gasteiger partial charge on any atom is -0.314 e. The first-order chi connectivity index (χ1) is 9.73. The summed E-state index contributed by atoms with van der Waals surface area (Å²) in [5.74, 6) is 2.45. The van der Waals surface area contributed by atoms with E-state index in [1.807, 2.05) is 7.05 Å². The molecular weight excluding hydrogens is 284 g/mol. The van der Waals surface area contributed by atoms with Crippen LogP contribution in [0.25, 0.3) is 0 Å². The van der Waals surface area contributed by atoms with E-state index in [1.165, 1.54) is 25.5 Å². The van der Waals surface area contributed by atoms with Crippen molar-refractivity contribution in [3.05, 3.63) is 0 Å². The molecule has 0 heterocycles. The lowest BCUT2D eigenvalue weighted by Gasteiger charge is -2.40. The minimum absolute atomic E-state index is 0.260. The number of hydrogen-bond donors (Lipinski definition) is 1. The van der Waals surface area contributed by atoms with Crippen LogP contribution in [-0.4, -0.2) is 58.1 Å². The van der Waals surface area contributed by atoms with Crippen LogP contribution >= 0.6 is 0 Å². The van der Waals surface area contributed by atoms with Crippen molar-refractivity contribution in [3.63, 3.8) is 0 Å². The number of nitrogens with zero attached hydrogens (tertiary/aromatic N) is 1. The van der Waals surface area contributed by atoms with Gasteiger partial charge in [-0.15, -0.1) is 0 Å². The molecule has 126 valence electrons. The van der Waals surface area contributed by atoms with Crippen molar-refractivity contribution >= 4 is 9.84 Å². The van der Waals surface area contributed by atoms with Gasteiger partial charge in [-0.05, 0) is 50.6 Å². The van der Waals surface area contributed by atoms with Crippen LogP contribution in [0.2, 0.25) is 0 Å². The molecule has 3 unspecified atom stereocenters. The van der Waals surface area contributed by atoms with Crippen LogP contribution in [0.5, 0.6) is 0 Å². The zero-order valence-electron chi connectivity index (χ0n) is 14.4. The molecular formula is C16H34N2O2S. The summed E-state index contributed by atoms with van der Waals surface area (Å²) < 4.78 is 22.6. The van der Waals surface area contributed by atoms with E-state index in [9.17, 15) is 8.42 Å². The Labute approximate surface area is 131 Å². The molecule has 0 aromatic carbocycles. The van der Waals surface area contributed by atoms with Crippen LogP contribution < -0.4 is 5.32 Å². The quantitative estimate of drug-likeness (QED) is 0.744. The summed E-state index contributed by atoms with van der Waals surface area (Å²) in [6.07, 6.45) is 5.15. The fourth-order valence-electron chi connectivity index (χ4n) is 3.45. The molecule has 1 saturated carbocycles. The molecule has 0 aromatic heterocycles. The summed E-state index contributed by atoms with van der Waals surface area (Å²) in [6, 6.07) is 0.589. The van der Waals surface area contributed by atoms with Crippen LogP contribution in [0.15, 0.2) is 0 Å². The smallest absolute Gasteiger partial charge is 0.148 e. The maximum absolute atomic E-state index is 11.3. The zero-order valence-corrected chi connectivity index (χ0v) is 15.2. The predicted molar refractivity (Wildman–Crippen MR) is 90.3 cm³/mol. The average Bonchev–Trinajstić information content (AvgIpc) is 2.37. The molecule has 1 N–H and O–H groups in total. The van der Waals surface area contributed by atoms with Gasteiger partial charge in [0.2, 0.25) is 0 Å². The van der Waals surface area contributed by atoms with E-state index in [1.54, 1.807) is 0 Å². The summed E-state index contributed by atoms with van der Waals surface area (Å²) in [5, 5.41) is 3.63. The molecule has 1 rings (SSSR count). The van der Waals surface area contributed by atoms with E-state index in [0.29, 0.717) is 18.5 Å². The van der Waals surface area contributed by atoms with Gasteiger partial charge in [-0.1, -0.05) is 20.8 Å². The molecule has 0 aromatic rings. The molecule has 1 aliphatic carbocycles. The topological polar surface area (TPSA) is 49.4 Å². The highest BCUT2D eigenvalue weighted by Crippen LogP contribution is 2.34. The Hall–Kier alpha value is -0.130. The molecule has 0 radical (unpaired) electrons. The molecule has 0 bridgehead atoms. The lowest BCUT2D eigenvalue weighted by atomic mass is 9.73. The monoisotopic (exact) mass is 318 g/mol. The highest BCUT2D eigenvalue weighted by molar-refractivity contribution is 7.90. The van der Waals surface area contributed by atoms with Gasteiger partial charge in [0, 0.05) is 25.4 Å². The van der Waals surface area contributed by atoms with Crippen molar-refractivity contribution in [1.29, 1.82) is 0 Å². The fourth-order valence-corrected chi connectivity index (χ4v) is 4.10. The van der Waals surface area contributed by atoms with Gasteiger partial charge < -0.3 is 10.2 Å². The van der Waals surface area contributed by atoms with Crippen molar-refractivity contribution in [1.82, 2.24) is 10.2 Å². The number of sulfone groups is 1. The van der Waals surface area contributed by atoms with Crippen molar-refractivity contribution in [2.45, 2.75) is 46.1 Å². The maximum atomic E-state index is 11.3. The van der Waals surface area contributed by atoms with Crippen molar-refractivity contribution in [2.24, 2.45) is 17.8 Å². The molecule has 5 heteroatoms. The lowest BCUT2D eigenvalue weighted by molar-refractivity contribution is 0.135. The van der Waals surface area contributed by atoms with Gasteiger partial charge in [0.15, 0.2) is 0 Å². The first kappa shape index (κ1) is 18.9. The third-order valence-electron chi connectivity index (χ3n) is 4.82. The number of rotatable bonds is 8. The molecule has 1 fully saturated rings. The molecule has 3 atom stereocenters. The normalized spacial score (nSPS) is 27.5. The van der Waals surface area contributed by atoms with E-state index in [2.05, 4.69) is 31.0 Å². The van der Waals surface area contributed by atoms with Gasteiger partial charge >= 0.3 is 0 Å². The average molecular weight is 319 g/mol. The van der Waals surface area contributed by atoms with E-state index in [-0.39, 0.29) is 5.75 Å². The Morgan fingerprint density at radius 3 is 2.48 bits per heavy atom. The maximum Gasteiger partial charge on any atom is 0.148 e. The van der Waals surface area contributed by atoms with Gasteiger partial charge in [0.05, 0.1) is 5.75 Å². The van der Waals surface area contributed by atoms with Crippen LogP contribution in [0, 0.1) is 17.8 Å². The SMILES string of the molecule is CCNC1CCC(C(C)C)CC1CN(C)CCS(C)(=O)=O. The first-order valence-electron chi connectivity index (χ1n) is 8.32. The molecule has 21 heavy (non-hydrogen) atoms. The van der Waals surface area contributed by atoms with Gasteiger partial charge in [-0.2, -0.15) is 0 Å². The predicted octanol–water partition coefficient (Wildman–Crippen LogP) is 2.01. The molecule has 0 spiro atoms. The molecule has 4 nitrogen and oxygen atoms in total. The molecule has 0 saturated heterocycles. The van der Waals surface area contributed by atoms with Crippen LogP contribution in [0.3, 0.4) is 0 Å². The highest BCUT2D eigenvalue weighted by atomic mass is 32.2. The highest BCUT2D eigenvalue weighted by Gasteiger charge is 2.31. The Kier molecular flexibility index (Phi) is 7.65. The Morgan fingerprint density at radius 2 is 1.95 bits per heavy atom. The number of nitrogens with one attached hydrogen (secondary N) is 1. The van der Waals surface area contributed by atoms with E-state index in [0.717, 1.165) is 24.9 Å². The summed E-state index contributed by atoms with van der Waals surface area (Å²) in [7, 11) is -0.816. The Morgan fingerprint density at radius 1 is 1.29 bits per heavy atom. The summed E-state index contributed by atoms with van der Waals surface area (Å²) in [5.41, 5.74) is 0. The van der Waals surface area contributed by atoms with Crippen molar-refractivity contribution < 1.29 is 8.42 Å². The Balaban J connectivity index is 2.56. The molecule has 0 amide bonds. The minimum atomic E-state index is -2.87. The van der Waals surface area contributed by atoms with E-state index < -0.39 is 9.84 Å². The van der Waals surface area contributed by atoms with Crippen LogP contribution in [-0.2, 0) is 9.84 Å². The largest absolute Gasteiger partial charge is 0.314 e. The standard InChI is InChI=1S/C16H34N2O2S/c1-6-17-16-8-7-14(13(2)3)11-15(16)12-18(4)9-10-21(5,19)20/h13-17H,6-12H2,1-5H3. The summed E-state index contributed by atoms with van der Waals surface area (Å²) >= 11 is 0. The van der Waals surface area contributed by atoms with Gasteiger partial charge in [0.1, 0.15) is 9.84 Å². The van der Waals surface area contributed by atoms with Gasteiger partial charge in [0.25, 0.3) is 0 Å². The fraction of sp³-hybridized carbons (Fsp3) is 1.00. The van der Waals surface area contributed by atoms with Crippen LogP contribution in [0.1, 0.15) is 40.0 Å². The van der Waals surface area contributed by atoms with E-state index >= 15 is 0 Å². The summed E-state index contributed by atoms with van der Waals surface area (Å²) in [4.78, 5) is 2.19. The van der Waals surface area contributed by atoms with Gasteiger partial charge in [-0.25, -0.2) is 8.42 Å². The second-order valence-electron chi connectivity index (χ2n) is 7.13. The lowest BCUT2D eigenvalue weighted by Crippen LogP contribution is -2.46. The second kappa shape index (κ2) is 8.49. The number of hydrogen-bond acceptors (Lipinski definition) is 4. The zero-order chi connectivity index (χ0) is 16.0. The van der Waals surface area contributed by atoms with Crippen molar-refractivity contribution in [2.75, 3.05) is 38.7 Å². The molecule has 0 aliphatic heterocycles. The Bertz CT molecular complexity index is 395. The summed E-state index contributed by atoms with van der Waals surface area (Å²) in [6.45, 7) is 9.46. The van der Waals surface area contributed by atoms with E-state index in [4.69, 9.17) is 0 Å². The first-order valence-corrected chi connectivity index (χ1v) is 10.4. The third kappa shape index (κ3) is 7.11. The second-order valence-corrected chi connectivity index (χ2v) is 9.39.